The maximum atomic E-state index is 12.3. The second-order valence-corrected chi connectivity index (χ2v) is 6.12. The molecule has 0 radical (unpaired) electrons. The molecule has 1 saturated carbocycles. The van der Waals surface area contributed by atoms with Gasteiger partial charge in [0.1, 0.15) is 5.75 Å². The van der Waals surface area contributed by atoms with Crippen molar-refractivity contribution in [3.63, 3.8) is 0 Å². The zero-order chi connectivity index (χ0) is 16.7. The monoisotopic (exact) mass is 319 g/mol. The summed E-state index contributed by atoms with van der Waals surface area (Å²) in [6, 6.07) is 4.56. The Balaban J connectivity index is 2.06. The van der Waals surface area contributed by atoms with Crippen LogP contribution in [0.5, 0.6) is 5.75 Å². The van der Waals surface area contributed by atoms with Crippen LogP contribution in [-0.2, 0) is 4.79 Å². The highest BCUT2D eigenvalue weighted by Crippen LogP contribution is 2.29. The standard InChI is InChI=1S/C18H25NO4/c1-2-10-23-16-9-8-14(18(21)22)12-15(16)19-17(20)11-13-6-4-3-5-7-13/h8-9,12-13H,2-7,10-11H2,1H3,(H,19,20)(H,21,22). The summed E-state index contributed by atoms with van der Waals surface area (Å²) in [5, 5.41) is 12.0. The average Bonchev–Trinajstić information content (AvgIpc) is 2.54. The normalized spacial score (nSPS) is 15.2. The molecule has 0 saturated heterocycles. The van der Waals surface area contributed by atoms with E-state index in [0.717, 1.165) is 19.3 Å². The molecule has 5 nitrogen and oxygen atoms in total. The maximum Gasteiger partial charge on any atom is 0.335 e. The van der Waals surface area contributed by atoms with Crippen LogP contribution >= 0.6 is 0 Å². The van der Waals surface area contributed by atoms with Crippen molar-refractivity contribution in [2.45, 2.75) is 51.9 Å². The topological polar surface area (TPSA) is 75.6 Å². The molecule has 1 fully saturated rings. The maximum absolute atomic E-state index is 12.3. The van der Waals surface area contributed by atoms with Crippen LogP contribution < -0.4 is 10.1 Å². The Morgan fingerprint density at radius 2 is 2.00 bits per heavy atom. The van der Waals surface area contributed by atoms with Crippen molar-refractivity contribution in [1.82, 2.24) is 0 Å². The van der Waals surface area contributed by atoms with E-state index >= 15 is 0 Å². The van der Waals surface area contributed by atoms with Crippen LogP contribution in [0.3, 0.4) is 0 Å². The molecule has 1 aromatic carbocycles. The predicted octanol–water partition coefficient (Wildman–Crippen LogP) is 4.08. The van der Waals surface area contributed by atoms with Crippen molar-refractivity contribution in [3.8, 4) is 5.75 Å². The fourth-order valence-electron chi connectivity index (χ4n) is 2.95. The van der Waals surface area contributed by atoms with Crippen molar-refractivity contribution in [2.75, 3.05) is 11.9 Å². The van der Waals surface area contributed by atoms with E-state index in [4.69, 9.17) is 9.84 Å². The molecule has 0 aliphatic heterocycles. The number of anilines is 1. The molecule has 0 bridgehead atoms. The van der Waals surface area contributed by atoms with Gasteiger partial charge < -0.3 is 15.2 Å². The minimum absolute atomic E-state index is 0.0687. The molecular weight excluding hydrogens is 294 g/mol. The first-order valence-electron chi connectivity index (χ1n) is 8.40. The van der Waals surface area contributed by atoms with E-state index in [1.807, 2.05) is 6.92 Å². The van der Waals surface area contributed by atoms with Gasteiger partial charge in [0, 0.05) is 6.42 Å². The molecule has 1 amide bonds. The summed E-state index contributed by atoms with van der Waals surface area (Å²) < 4.78 is 5.60. The van der Waals surface area contributed by atoms with Gasteiger partial charge in [-0.3, -0.25) is 4.79 Å². The first kappa shape index (κ1) is 17.3. The molecule has 23 heavy (non-hydrogen) atoms. The smallest absolute Gasteiger partial charge is 0.335 e. The number of hydrogen-bond acceptors (Lipinski definition) is 3. The Morgan fingerprint density at radius 3 is 2.65 bits per heavy atom. The van der Waals surface area contributed by atoms with Gasteiger partial charge in [0.25, 0.3) is 0 Å². The van der Waals surface area contributed by atoms with Crippen molar-refractivity contribution in [3.05, 3.63) is 23.8 Å². The second kappa shape index (κ2) is 8.56. The van der Waals surface area contributed by atoms with Crippen molar-refractivity contribution in [1.29, 1.82) is 0 Å². The van der Waals surface area contributed by atoms with Crippen LogP contribution in [0.15, 0.2) is 18.2 Å². The minimum atomic E-state index is -1.02. The summed E-state index contributed by atoms with van der Waals surface area (Å²) in [5.41, 5.74) is 0.584. The highest BCUT2D eigenvalue weighted by molar-refractivity contribution is 5.95. The van der Waals surface area contributed by atoms with Gasteiger partial charge in [-0.25, -0.2) is 4.79 Å². The third kappa shape index (κ3) is 5.27. The second-order valence-electron chi connectivity index (χ2n) is 6.12. The van der Waals surface area contributed by atoms with Crippen molar-refractivity contribution < 1.29 is 19.4 Å². The van der Waals surface area contributed by atoms with E-state index in [-0.39, 0.29) is 11.5 Å². The summed E-state index contributed by atoms with van der Waals surface area (Å²) >= 11 is 0. The summed E-state index contributed by atoms with van der Waals surface area (Å²) in [6.07, 6.45) is 7.17. The Bertz CT molecular complexity index is 550. The summed E-state index contributed by atoms with van der Waals surface area (Å²) in [4.78, 5) is 23.4. The fourth-order valence-corrected chi connectivity index (χ4v) is 2.95. The molecule has 1 aromatic rings. The van der Waals surface area contributed by atoms with E-state index in [1.165, 1.54) is 31.4 Å². The lowest BCUT2D eigenvalue weighted by molar-refractivity contribution is -0.117. The first-order valence-corrected chi connectivity index (χ1v) is 8.40. The number of carboxylic acids is 1. The zero-order valence-electron chi connectivity index (χ0n) is 13.6. The number of carbonyl (C=O) groups is 2. The number of carboxylic acid groups (broad SMARTS) is 1. The molecule has 1 aliphatic rings. The zero-order valence-corrected chi connectivity index (χ0v) is 13.6. The molecule has 1 aliphatic carbocycles. The molecule has 5 heteroatoms. The quantitative estimate of drug-likeness (QED) is 0.794. The molecule has 0 spiro atoms. The number of nitrogens with one attached hydrogen (secondary N) is 1. The van der Waals surface area contributed by atoms with E-state index < -0.39 is 5.97 Å². The summed E-state index contributed by atoms with van der Waals surface area (Å²) in [7, 11) is 0. The predicted molar refractivity (Wildman–Crippen MR) is 89.0 cm³/mol. The molecule has 2 N–H and O–H groups in total. The van der Waals surface area contributed by atoms with Crippen molar-refractivity contribution >= 4 is 17.6 Å². The van der Waals surface area contributed by atoms with E-state index in [9.17, 15) is 9.59 Å². The highest BCUT2D eigenvalue weighted by atomic mass is 16.5. The number of aromatic carboxylic acids is 1. The molecule has 2 rings (SSSR count). The van der Waals surface area contributed by atoms with Crippen LogP contribution in [0.25, 0.3) is 0 Å². The third-order valence-electron chi connectivity index (χ3n) is 4.16. The Morgan fingerprint density at radius 1 is 1.26 bits per heavy atom. The third-order valence-corrected chi connectivity index (χ3v) is 4.16. The molecule has 0 atom stereocenters. The van der Waals surface area contributed by atoms with Crippen molar-refractivity contribution in [2.24, 2.45) is 5.92 Å². The number of hydrogen-bond donors (Lipinski definition) is 2. The van der Waals surface area contributed by atoms with E-state index in [2.05, 4.69) is 5.32 Å². The van der Waals surface area contributed by atoms with Gasteiger partial charge >= 0.3 is 5.97 Å². The minimum Gasteiger partial charge on any atom is -0.491 e. The highest BCUT2D eigenvalue weighted by Gasteiger charge is 2.18. The number of benzene rings is 1. The number of carbonyl (C=O) groups excluding carboxylic acids is 1. The molecule has 126 valence electrons. The average molecular weight is 319 g/mol. The molecule has 0 aromatic heterocycles. The van der Waals surface area contributed by atoms with Gasteiger partial charge in [-0.15, -0.1) is 0 Å². The summed E-state index contributed by atoms with van der Waals surface area (Å²) in [5.74, 6) is -0.129. The van der Waals surface area contributed by atoms with Crippen LogP contribution in [0.2, 0.25) is 0 Å². The number of rotatable bonds is 7. The SMILES string of the molecule is CCCOc1ccc(C(=O)O)cc1NC(=O)CC1CCCCC1. The fraction of sp³-hybridized carbons (Fsp3) is 0.556. The Hall–Kier alpha value is -2.04. The van der Waals surface area contributed by atoms with Crippen LogP contribution in [0.1, 0.15) is 62.2 Å². The Kier molecular flexibility index (Phi) is 6.44. The lowest BCUT2D eigenvalue weighted by atomic mass is 9.87. The number of ether oxygens (including phenoxy) is 1. The van der Waals surface area contributed by atoms with E-state index in [1.54, 1.807) is 6.07 Å². The van der Waals surface area contributed by atoms with Crippen LogP contribution in [0.4, 0.5) is 5.69 Å². The summed E-state index contributed by atoms with van der Waals surface area (Å²) in [6.45, 7) is 2.52. The van der Waals surface area contributed by atoms with Gasteiger partial charge in [-0.1, -0.05) is 26.2 Å². The molecular formula is C18H25NO4. The molecule has 0 unspecified atom stereocenters. The van der Waals surface area contributed by atoms with Gasteiger partial charge in [-0.05, 0) is 43.4 Å². The first-order chi connectivity index (χ1) is 11.1. The lowest BCUT2D eigenvalue weighted by Gasteiger charge is -2.21. The number of amides is 1. The molecule has 0 heterocycles. The van der Waals surface area contributed by atoms with E-state index in [0.29, 0.717) is 30.4 Å². The largest absolute Gasteiger partial charge is 0.491 e. The lowest BCUT2D eigenvalue weighted by Crippen LogP contribution is -2.19. The van der Waals surface area contributed by atoms with Gasteiger partial charge in [-0.2, -0.15) is 0 Å². The van der Waals surface area contributed by atoms with Gasteiger partial charge in [0.2, 0.25) is 5.91 Å². The van der Waals surface area contributed by atoms with Crippen LogP contribution in [-0.4, -0.2) is 23.6 Å². The van der Waals surface area contributed by atoms with Crippen LogP contribution in [0, 0.1) is 5.92 Å². The van der Waals surface area contributed by atoms with Gasteiger partial charge in [0.05, 0.1) is 17.9 Å². The Labute approximate surface area is 137 Å². The van der Waals surface area contributed by atoms with Gasteiger partial charge in [0.15, 0.2) is 0 Å².